The summed E-state index contributed by atoms with van der Waals surface area (Å²) in [5.41, 5.74) is 3.25. The van der Waals surface area contributed by atoms with Crippen molar-refractivity contribution in [3.05, 3.63) is 59.7 Å². The van der Waals surface area contributed by atoms with Crippen molar-refractivity contribution < 1.29 is 14.3 Å². The zero-order valence-electron chi connectivity index (χ0n) is 15.6. The number of nitrogens with one attached hydrogen (secondary N) is 2. The lowest BCUT2D eigenvalue weighted by Gasteiger charge is -2.07. The number of carbonyl (C=O) groups is 2. The Morgan fingerprint density at radius 2 is 1.82 bits per heavy atom. The molecule has 2 aromatic carbocycles. The van der Waals surface area contributed by atoms with E-state index in [4.69, 9.17) is 4.74 Å². The second kappa shape index (κ2) is 9.09. The van der Waals surface area contributed by atoms with Gasteiger partial charge in [0.1, 0.15) is 10.8 Å². The van der Waals surface area contributed by atoms with Crippen molar-refractivity contribution in [1.82, 2.24) is 15.5 Å². The fourth-order valence-corrected chi connectivity index (χ4v) is 3.35. The molecular formula is C20H20N4O3S. The Bertz CT molecular complexity index is 973. The van der Waals surface area contributed by atoms with Gasteiger partial charge < -0.3 is 10.1 Å². The molecule has 7 nitrogen and oxygen atoms in total. The minimum atomic E-state index is -0.382. The molecule has 144 valence electrons. The van der Waals surface area contributed by atoms with Crippen LogP contribution >= 0.6 is 11.3 Å². The molecule has 28 heavy (non-hydrogen) atoms. The van der Waals surface area contributed by atoms with Crippen LogP contribution in [0.3, 0.4) is 0 Å². The Kier molecular flexibility index (Phi) is 6.33. The number of nitrogens with zero attached hydrogens (tertiary/aromatic N) is 2. The molecule has 0 bridgehead atoms. The highest BCUT2D eigenvalue weighted by atomic mass is 32.1. The second-order valence-corrected chi connectivity index (χ2v) is 7.13. The van der Waals surface area contributed by atoms with Gasteiger partial charge in [0.2, 0.25) is 11.0 Å². The third-order valence-corrected chi connectivity index (χ3v) is 4.71. The van der Waals surface area contributed by atoms with E-state index < -0.39 is 0 Å². The number of amides is 2. The zero-order valence-corrected chi connectivity index (χ0v) is 16.4. The molecule has 0 unspecified atom stereocenters. The van der Waals surface area contributed by atoms with E-state index >= 15 is 0 Å². The molecule has 0 fully saturated rings. The van der Waals surface area contributed by atoms with Gasteiger partial charge in [0, 0.05) is 5.56 Å². The first kappa shape index (κ1) is 19.5. The molecule has 0 aliphatic carbocycles. The van der Waals surface area contributed by atoms with Gasteiger partial charge in [-0.25, -0.2) is 0 Å². The van der Waals surface area contributed by atoms with Crippen molar-refractivity contribution in [2.75, 3.05) is 18.5 Å². The number of rotatable bonds is 7. The normalized spacial score (nSPS) is 10.4. The fourth-order valence-electron chi connectivity index (χ4n) is 2.50. The maximum Gasteiger partial charge on any atom is 0.258 e. The highest BCUT2D eigenvalue weighted by Gasteiger charge is 2.12. The number of hydrogen-bond acceptors (Lipinski definition) is 6. The summed E-state index contributed by atoms with van der Waals surface area (Å²) in [6.07, 6.45) is 0. The van der Waals surface area contributed by atoms with E-state index in [-0.39, 0.29) is 25.0 Å². The number of aromatic nitrogens is 2. The highest BCUT2D eigenvalue weighted by Crippen LogP contribution is 2.29. The molecule has 3 rings (SSSR count). The number of anilines is 1. The van der Waals surface area contributed by atoms with Crippen LogP contribution in [0.15, 0.2) is 48.5 Å². The van der Waals surface area contributed by atoms with Crippen LogP contribution < -0.4 is 15.4 Å². The van der Waals surface area contributed by atoms with Gasteiger partial charge in [-0.05, 0) is 31.5 Å². The Morgan fingerprint density at radius 1 is 1.04 bits per heavy atom. The van der Waals surface area contributed by atoms with Gasteiger partial charge in [0.05, 0.1) is 6.54 Å². The van der Waals surface area contributed by atoms with Crippen LogP contribution in [0.2, 0.25) is 0 Å². The van der Waals surface area contributed by atoms with Crippen LogP contribution in [0, 0.1) is 13.8 Å². The van der Waals surface area contributed by atoms with E-state index in [0.29, 0.717) is 10.9 Å². The van der Waals surface area contributed by atoms with E-state index in [1.807, 2.05) is 44.2 Å². The summed E-state index contributed by atoms with van der Waals surface area (Å²) in [5, 5.41) is 14.4. The first-order chi connectivity index (χ1) is 13.5. The van der Waals surface area contributed by atoms with Crippen molar-refractivity contribution in [3.8, 4) is 16.3 Å². The lowest BCUT2D eigenvalue weighted by atomic mass is 10.1. The Labute approximate surface area is 166 Å². The van der Waals surface area contributed by atoms with Crippen LogP contribution in [-0.4, -0.2) is 35.2 Å². The van der Waals surface area contributed by atoms with Gasteiger partial charge in [-0.2, -0.15) is 0 Å². The van der Waals surface area contributed by atoms with Crippen molar-refractivity contribution in [1.29, 1.82) is 0 Å². The van der Waals surface area contributed by atoms with Crippen molar-refractivity contribution in [3.63, 3.8) is 0 Å². The van der Waals surface area contributed by atoms with E-state index in [9.17, 15) is 9.59 Å². The minimum Gasteiger partial charge on any atom is -0.484 e. The van der Waals surface area contributed by atoms with E-state index in [0.717, 1.165) is 16.1 Å². The van der Waals surface area contributed by atoms with E-state index in [2.05, 4.69) is 26.9 Å². The lowest BCUT2D eigenvalue weighted by Crippen LogP contribution is -2.35. The number of carbonyl (C=O) groups excluding carboxylic acids is 2. The third kappa shape index (κ3) is 5.37. The molecular weight excluding hydrogens is 376 g/mol. The summed E-state index contributed by atoms with van der Waals surface area (Å²) in [6.45, 7) is 3.71. The third-order valence-electron chi connectivity index (χ3n) is 3.84. The quantitative estimate of drug-likeness (QED) is 0.640. The zero-order chi connectivity index (χ0) is 19.9. The molecule has 3 aromatic rings. The predicted molar refractivity (Wildman–Crippen MR) is 108 cm³/mol. The van der Waals surface area contributed by atoms with Gasteiger partial charge in [-0.3, -0.25) is 14.9 Å². The SMILES string of the molecule is Cc1ccc(-c2nnc(NC(=O)CNC(=O)COc3ccccc3)s2)c(C)c1. The standard InChI is InChI=1S/C20H20N4O3S/c1-13-8-9-16(14(2)10-13)19-23-24-20(28-19)22-17(25)11-21-18(26)12-27-15-6-4-3-5-7-15/h3-10H,11-12H2,1-2H3,(H,21,26)(H,22,24,25). The monoisotopic (exact) mass is 396 g/mol. The average molecular weight is 396 g/mol. The smallest absolute Gasteiger partial charge is 0.258 e. The van der Waals surface area contributed by atoms with Crippen molar-refractivity contribution in [2.24, 2.45) is 0 Å². The van der Waals surface area contributed by atoms with Gasteiger partial charge in [-0.15, -0.1) is 10.2 Å². The molecule has 2 amide bonds. The summed E-state index contributed by atoms with van der Waals surface area (Å²) >= 11 is 1.28. The lowest BCUT2D eigenvalue weighted by molar-refractivity contribution is -0.125. The number of aryl methyl sites for hydroxylation is 2. The van der Waals surface area contributed by atoms with E-state index in [1.54, 1.807) is 12.1 Å². The molecule has 0 spiro atoms. The highest BCUT2D eigenvalue weighted by molar-refractivity contribution is 7.18. The first-order valence-corrected chi connectivity index (χ1v) is 9.48. The van der Waals surface area contributed by atoms with Crippen LogP contribution in [0.4, 0.5) is 5.13 Å². The Balaban J connectivity index is 1.47. The summed E-state index contributed by atoms with van der Waals surface area (Å²) in [6, 6.07) is 15.1. The molecule has 0 atom stereocenters. The molecule has 1 heterocycles. The number of hydrogen-bond donors (Lipinski definition) is 2. The maximum absolute atomic E-state index is 12.0. The minimum absolute atomic E-state index is 0.160. The van der Waals surface area contributed by atoms with Crippen LogP contribution in [0.5, 0.6) is 5.75 Å². The largest absolute Gasteiger partial charge is 0.484 e. The van der Waals surface area contributed by atoms with Gasteiger partial charge in [0.25, 0.3) is 5.91 Å². The van der Waals surface area contributed by atoms with E-state index in [1.165, 1.54) is 16.9 Å². The molecule has 2 N–H and O–H groups in total. The molecule has 0 radical (unpaired) electrons. The summed E-state index contributed by atoms with van der Waals surface area (Å²) in [5.74, 6) is -0.168. The van der Waals surface area contributed by atoms with Gasteiger partial charge in [-0.1, -0.05) is 53.3 Å². The molecule has 1 aromatic heterocycles. The average Bonchev–Trinajstić information content (AvgIpc) is 3.13. The summed E-state index contributed by atoms with van der Waals surface area (Å²) in [4.78, 5) is 23.8. The molecule has 0 aliphatic heterocycles. The molecule has 0 aliphatic rings. The number of para-hydroxylation sites is 1. The summed E-state index contributed by atoms with van der Waals surface area (Å²) < 4.78 is 5.33. The molecule has 0 saturated heterocycles. The molecule has 0 saturated carbocycles. The summed E-state index contributed by atoms with van der Waals surface area (Å²) in [7, 11) is 0. The first-order valence-electron chi connectivity index (χ1n) is 8.67. The number of benzene rings is 2. The second-order valence-electron chi connectivity index (χ2n) is 6.16. The van der Waals surface area contributed by atoms with Gasteiger partial charge >= 0.3 is 0 Å². The number of ether oxygens (including phenoxy) is 1. The van der Waals surface area contributed by atoms with Crippen LogP contribution in [0.25, 0.3) is 10.6 Å². The van der Waals surface area contributed by atoms with Crippen molar-refractivity contribution >= 4 is 28.3 Å². The topological polar surface area (TPSA) is 93.2 Å². The Morgan fingerprint density at radius 3 is 2.57 bits per heavy atom. The van der Waals surface area contributed by atoms with Crippen LogP contribution in [-0.2, 0) is 9.59 Å². The van der Waals surface area contributed by atoms with Gasteiger partial charge in [0.15, 0.2) is 6.61 Å². The Hall–Kier alpha value is -3.26. The van der Waals surface area contributed by atoms with Crippen molar-refractivity contribution in [2.45, 2.75) is 13.8 Å². The fraction of sp³-hybridized carbons (Fsp3) is 0.200. The molecule has 8 heteroatoms. The predicted octanol–water partition coefficient (Wildman–Crippen LogP) is 2.96. The maximum atomic E-state index is 12.0. The van der Waals surface area contributed by atoms with Crippen LogP contribution in [0.1, 0.15) is 11.1 Å².